The zero-order chi connectivity index (χ0) is 16.8. The smallest absolute Gasteiger partial charge is 0.324 e. The van der Waals surface area contributed by atoms with Gasteiger partial charge >= 0.3 is 5.92 Å². The molecule has 2 aromatic rings. The van der Waals surface area contributed by atoms with Crippen molar-refractivity contribution >= 4 is 5.91 Å². The number of hydrogen-bond donors (Lipinski definition) is 1. The molecule has 0 bridgehead atoms. The van der Waals surface area contributed by atoms with Crippen LogP contribution in [0.5, 0.6) is 5.75 Å². The standard InChI is InChI=1S/C17H15F2NO3/c1-20-15(21)13-5-3-4-6-14(13)17(20,22)16(18,19)11-7-9-12(23-2)10-8-11/h3-10,22H,1-2H3. The molecular formula is C17H15F2NO3. The van der Waals surface area contributed by atoms with Gasteiger partial charge < -0.3 is 14.7 Å². The first-order valence-electron chi connectivity index (χ1n) is 6.96. The van der Waals surface area contributed by atoms with Crippen LogP contribution in [0.4, 0.5) is 8.78 Å². The SMILES string of the molecule is COc1ccc(C(F)(F)C2(O)c3ccccc3C(=O)N2C)cc1. The van der Waals surface area contributed by atoms with Crippen molar-refractivity contribution in [1.29, 1.82) is 0 Å². The Morgan fingerprint density at radius 3 is 2.35 bits per heavy atom. The van der Waals surface area contributed by atoms with E-state index in [9.17, 15) is 9.90 Å². The van der Waals surface area contributed by atoms with Crippen molar-refractivity contribution < 1.29 is 23.4 Å². The Morgan fingerprint density at radius 2 is 1.74 bits per heavy atom. The molecule has 120 valence electrons. The van der Waals surface area contributed by atoms with Gasteiger partial charge in [0.15, 0.2) is 0 Å². The van der Waals surface area contributed by atoms with E-state index in [0.29, 0.717) is 10.6 Å². The highest BCUT2D eigenvalue weighted by molar-refractivity contribution is 5.99. The number of aliphatic hydroxyl groups is 1. The molecule has 0 saturated carbocycles. The van der Waals surface area contributed by atoms with Crippen LogP contribution in [0.1, 0.15) is 21.5 Å². The van der Waals surface area contributed by atoms with Crippen LogP contribution in [-0.4, -0.2) is 30.1 Å². The molecule has 6 heteroatoms. The van der Waals surface area contributed by atoms with Crippen molar-refractivity contribution in [3.63, 3.8) is 0 Å². The van der Waals surface area contributed by atoms with Crippen molar-refractivity contribution in [2.45, 2.75) is 11.6 Å². The summed E-state index contributed by atoms with van der Waals surface area (Å²) in [5.41, 5.74) is -3.17. The van der Waals surface area contributed by atoms with Crippen LogP contribution in [0.15, 0.2) is 48.5 Å². The summed E-state index contributed by atoms with van der Waals surface area (Å²) in [6.07, 6.45) is 0. The molecule has 0 saturated heterocycles. The number of fused-ring (bicyclic) bond motifs is 1. The van der Waals surface area contributed by atoms with Gasteiger partial charge in [-0.05, 0) is 30.3 Å². The number of ether oxygens (including phenoxy) is 1. The van der Waals surface area contributed by atoms with E-state index in [1.54, 1.807) is 6.07 Å². The molecule has 2 aromatic carbocycles. The Hall–Kier alpha value is -2.47. The first-order chi connectivity index (χ1) is 10.8. The number of carbonyl (C=O) groups is 1. The topological polar surface area (TPSA) is 49.8 Å². The third-order valence-corrected chi connectivity index (χ3v) is 4.21. The van der Waals surface area contributed by atoms with Crippen LogP contribution in [-0.2, 0) is 11.6 Å². The number of nitrogens with zero attached hydrogens (tertiary/aromatic N) is 1. The van der Waals surface area contributed by atoms with E-state index < -0.39 is 23.1 Å². The van der Waals surface area contributed by atoms with Gasteiger partial charge in [0.2, 0.25) is 5.72 Å². The van der Waals surface area contributed by atoms with Crippen LogP contribution in [0.3, 0.4) is 0 Å². The number of benzene rings is 2. The molecule has 0 fully saturated rings. The number of methoxy groups -OCH3 is 1. The van der Waals surface area contributed by atoms with Crippen molar-refractivity contribution in [1.82, 2.24) is 4.90 Å². The molecule has 23 heavy (non-hydrogen) atoms. The average Bonchev–Trinajstić information content (AvgIpc) is 2.78. The number of likely N-dealkylation sites (N-methyl/N-ethyl adjacent to an activating group) is 1. The fourth-order valence-corrected chi connectivity index (χ4v) is 2.86. The Kier molecular flexibility index (Phi) is 3.37. The molecule has 0 aromatic heterocycles. The molecule has 1 aliphatic rings. The Bertz CT molecular complexity index is 761. The molecule has 1 aliphatic heterocycles. The van der Waals surface area contributed by atoms with Gasteiger partial charge in [-0.15, -0.1) is 0 Å². The summed E-state index contributed by atoms with van der Waals surface area (Å²) >= 11 is 0. The molecule has 3 rings (SSSR count). The first-order valence-corrected chi connectivity index (χ1v) is 6.96. The summed E-state index contributed by atoms with van der Waals surface area (Å²) in [5, 5.41) is 10.8. The molecule has 1 heterocycles. The summed E-state index contributed by atoms with van der Waals surface area (Å²) < 4.78 is 35.2. The third kappa shape index (κ3) is 1.95. The lowest BCUT2D eigenvalue weighted by Crippen LogP contribution is -2.52. The highest BCUT2D eigenvalue weighted by atomic mass is 19.3. The lowest BCUT2D eigenvalue weighted by molar-refractivity contribution is -0.247. The van der Waals surface area contributed by atoms with Gasteiger partial charge in [-0.25, -0.2) is 0 Å². The number of halogens is 2. The fraction of sp³-hybridized carbons (Fsp3) is 0.235. The van der Waals surface area contributed by atoms with Crippen molar-refractivity contribution in [2.75, 3.05) is 14.2 Å². The summed E-state index contributed by atoms with van der Waals surface area (Å²) in [6, 6.07) is 11.0. The minimum Gasteiger partial charge on any atom is -0.497 e. The van der Waals surface area contributed by atoms with Gasteiger partial charge in [-0.2, -0.15) is 8.78 Å². The van der Waals surface area contributed by atoms with E-state index in [-0.39, 0.29) is 11.1 Å². The third-order valence-electron chi connectivity index (χ3n) is 4.21. The van der Waals surface area contributed by atoms with Crippen LogP contribution in [0, 0.1) is 0 Å². The molecule has 4 nitrogen and oxygen atoms in total. The summed E-state index contributed by atoms with van der Waals surface area (Å²) in [6.45, 7) is 0. The lowest BCUT2D eigenvalue weighted by atomic mass is 9.90. The summed E-state index contributed by atoms with van der Waals surface area (Å²) in [7, 11) is 2.60. The Balaban J connectivity index is 2.16. The van der Waals surface area contributed by atoms with Crippen LogP contribution in [0.2, 0.25) is 0 Å². The van der Waals surface area contributed by atoms with Gasteiger partial charge in [0, 0.05) is 23.7 Å². The first kappa shape index (κ1) is 15.4. The number of amides is 1. The minimum absolute atomic E-state index is 0.0747. The number of carbonyl (C=O) groups excluding carboxylic acids is 1. The predicted molar refractivity (Wildman–Crippen MR) is 79.3 cm³/mol. The second kappa shape index (κ2) is 5.03. The minimum atomic E-state index is -3.70. The maximum Gasteiger partial charge on any atom is 0.324 e. The van der Waals surface area contributed by atoms with Crippen LogP contribution in [0.25, 0.3) is 0 Å². The molecule has 1 unspecified atom stereocenters. The molecule has 0 radical (unpaired) electrons. The maximum absolute atomic E-state index is 15.1. The second-order valence-electron chi connectivity index (χ2n) is 5.38. The number of hydrogen-bond acceptors (Lipinski definition) is 3. The highest BCUT2D eigenvalue weighted by Gasteiger charge is 2.63. The van der Waals surface area contributed by atoms with Crippen molar-refractivity contribution in [2.24, 2.45) is 0 Å². The molecule has 1 N–H and O–H groups in total. The van der Waals surface area contributed by atoms with Crippen molar-refractivity contribution in [3.8, 4) is 5.75 Å². The quantitative estimate of drug-likeness (QED) is 0.946. The van der Waals surface area contributed by atoms with Gasteiger partial charge in [0.05, 0.1) is 7.11 Å². The van der Waals surface area contributed by atoms with E-state index in [2.05, 4.69) is 0 Å². The fourth-order valence-electron chi connectivity index (χ4n) is 2.86. The Morgan fingerprint density at radius 1 is 1.13 bits per heavy atom. The largest absolute Gasteiger partial charge is 0.497 e. The van der Waals surface area contributed by atoms with E-state index in [1.807, 2.05) is 0 Å². The van der Waals surface area contributed by atoms with E-state index in [4.69, 9.17) is 4.74 Å². The normalized spacial score (nSPS) is 20.6. The van der Waals surface area contributed by atoms with E-state index >= 15 is 8.78 Å². The summed E-state index contributed by atoms with van der Waals surface area (Å²) in [5.74, 6) is -3.92. The highest BCUT2D eigenvalue weighted by Crippen LogP contribution is 2.51. The molecular weight excluding hydrogens is 304 g/mol. The van der Waals surface area contributed by atoms with Gasteiger partial charge in [-0.3, -0.25) is 4.79 Å². The van der Waals surface area contributed by atoms with Crippen molar-refractivity contribution in [3.05, 3.63) is 65.2 Å². The molecule has 0 spiro atoms. The lowest BCUT2D eigenvalue weighted by Gasteiger charge is -2.38. The van der Waals surface area contributed by atoms with Gasteiger partial charge in [0.1, 0.15) is 5.75 Å². The zero-order valence-corrected chi connectivity index (χ0v) is 12.6. The van der Waals surface area contributed by atoms with E-state index in [0.717, 1.165) is 0 Å². The Labute approximate surface area is 131 Å². The number of rotatable bonds is 3. The molecule has 0 aliphatic carbocycles. The zero-order valence-electron chi connectivity index (χ0n) is 12.6. The van der Waals surface area contributed by atoms with Gasteiger partial charge in [0.25, 0.3) is 5.91 Å². The second-order valence-corrected chi connectivity index (χ2v) is 5.38. The monoisotopic (exact) mass is 319 g/mol. The summed E-state index contributed by atoms with van der Waals surface area (Å²) in [4.78, 5) is 12.9. The maximum atomic E-state index is 15.1. The predicted octanol–water partition coefficient (Wildman–Crippen LogP) is 2.72. The van der Waals surface area contributed by atoms with E-state index in [1.165, 1.54) is 56.6 Å². The van der Waals surface area contributed by atoms with Gasteiger partial charge in [-0.1, -0.05) is 18.2 Å². The average molecular weight is 319 g/mol. The molecule has 1 atom stereocenters. The molecule has 1 amide bonds. The number of alkyl halides is 2. The van der Waals surface area contributed by atoms with Crippen LogP contribution < -0.4 is 4.74 Å². The van der Waals surface area contributed by atoms with Crippen LogP contribution >= 0.6 is 0 Å².